The second-order valence-corrected chi connectivity index (χ2v) is 14.4. The van der Waals surface area contributed by atoms with Gasteiger partial charge in [-0.05, 0) is 119 Å². The minimum Gasteiger partial charge on any atom is -0.292 e. The summed E-state index contributed by atoms with van der Waals surface area (Å²) in [5.74, 6) is 0.938. The molecule has 0 unspecified atom stereocenters. The Balaban J connectivity index is 1.13. The second-order valence-electron chi connectivity index (χ2n) is 14.4. The standard InChI is InChI=1S/C53H34N2/c1-2-14-38(15-3-1)53-54-49-20-10-11-21-50(49)55(53)44-29-26-37(27-30-44)41-28-31-47-48(34-41)52(43-25-23-36-13-5-7-17-40(36)33-43)46-19-9-8-18-45(46)51(47)42-24-22-35-12-4-6-16-39(35)32-42/h1-34H. The van der Waals surface area contributed by atoms with E-state index in [-0.39, 0.29) is 0 Å². The fourth-order valence-electron chi connectivity index (χ4n) is 8.54. The van der Waals surface area contributed by atoms with Gasteiger partial charge in [-0.15, -0.1) is 0 Å². The van der Waals surface area contributed by atoms with Gasteiger partial charge < -0.3 is 0 Å². The van der Waals surface area contributed by atoms with Crippen molar-refractivity contribution in [1.29, 1.82) is 0 Å². The number of nitrogens with zero attached hydrogens (tertiary/aromatic N) is 2. The van der Waals surface area contributed by atoms with Crippen LogP contribution in [-0.2, 0) is 0 Å². The molecule has 11 aromatic rings. The van der Waals surface area contributed by atoms with Gasteiger partial charge in [-0.3, -0.25) is 4.57 Å². The quantitative estimate of drug-likeness (QED) is 0.164. The van der Waals surface area contributed by atoms with Crippen molar-refractivity contribution in [2.75, 3.05) is 0 Å². The highest BCUT2D eigenvalue weighted by Crippen LogP contribution is 2.46. The Kier molecular flexibility index (Phi) is 7.21. The summed E-state index contributed by atoms with van der Waals surface area (Å²) in [5, 5.41) is 9.97. The summed E-state index contributed by atoms with van der Waals surface area (Å²) >= 11 is 0. The van der Waals surface area contributed by atoms with E-state index in [0.717, 1.165) is 28.1 Å². The Labute approximate surface area is 319 Å². The molecular formula is C53H34N2. The Bertz CT molecular complexity index is 3240. The lowest BCUT2D eigenvalue weighted by molar-refractivity contribution is 1.10. The molecule has 0 spiro atoms. The van der Waals surface area contributed by atoms with Crippen molar-refractivity contribution in [2.45, 2.75) is 0 Å². The molecule has 0 aliphatic rings. The van der Waals surface area contributed by atoms with Gasteiger partial charge in [-0.25, -0.2) is 4.98 Å². The molecule has 2 heteroatoms. The van der Waals surface area contributed by atoms with Crippen molar-refractivity contribution in [3.05, 3.63) is 206 Å². The van der Waals surface area contributed by atoms with Crippen molar-refractivity contribution in [1.82, 2.24) is 9.55 Å². The topological polar surface area (TPSA) is 17.8 Å². The number of aromatic nitrogens is 2. The summed E-state index contributed by atoms with van der Waals surface area (Å²) < 4.78 is 2.27. The third-order valence-corrected chi connectivity index (χ3v) is 11.2. The van der Waals surface area contributed by atoms with Gasteiger partial charge in [-0.2, -0.15) is 0 Å². The zero-order valence-electron chi connectivity index (χ0n) is 30.0. The van der Waals surface area contributed by atoms with Gasteiger partial charge in [0.15, 0.2) is 0 Å². The number of hydrogen-bond donors (Lipinski definition) is 0. The molecule has 11 rings (SSSR count). The number of fused-ring (bicyclic) bond motifs is 5. The normalized spacial score (nSPS) is 11.6. The van der Waals surface area contributed by atoms with E-state index in [2.05, 4.69) is 205 Å². The highest BCUT2D eigenvalue weighted by Gasteiger charge is 2.19. The number of hydrogen-bond acceptors (Lipinski definition) is 1. The van der Waals surface area contributed by atoms with Gasteiger partial charge in [-0.1, -0.05) is 164 Å². The van der Waals surface area contributed by atoms with E-state index in [0.29, 0.717) is 0 Å². The zero-order chi connectivity index (χ0) is 36.3. The zero-order valence-corrected chi connectivity index (χ0v) is 30.0. The molecule has 0 bridgehead atoms. The van der Waals surface area contributed by atoms with Gasteiger partial charge in [0.2, 0.25) is 0 Å². The lowest BCUT2D eigenvalue weighted by Gasteiger charge is -2.19. The van der Waals surface area contributed by atoms with Crippen LogP contribution in [0.4, 0.5) is 0 Å². The first-order chi connectivity index (χ1) is 27.3. The third-order valence-electron chi connectivity index (χ3n) is 11.2. The van der Waals surface area contributed by atoms with E-state index in [1.54, 1.807) is 0 Å². The number of benzene rings is 10. The first-order valence-electron chi connectivity index (χ1n) is 18.9. The molecule has 2 nitrogen and oxygen atoms in total. The van der Waals surface area contributed by atoms with Crippen LogP contribution in [0.3, 0.4) is 0 Å². The molecule has 55 heavy (non-hydrogen) atoms. The maximum Gasteiger partial charge on any atom is 0.145 e. The average Bonchev–Trinajstić information content (AvgIpc) is 3.65. The van der Waals surface area contributed by atoms with E-state index in [4.69, 9.17) is 4.98 Å². The van der Waals surface area contributed by atoms with Crippen LogP contribution in [0.25, 0.3) is 105 Å². The molecule has 0 radical (unpaired) electrons. The van der Waals surface area contributed by atoms with Crippen LogP contribution in [0.1, 0.15) is 0 Å². The van der Waals surface area contributed by atoms with E-state index >= 15 is 0 Å². The predicted octanol–water partition coefficient (Wildman–Crippen LogP) is 14.3. The van der Waals surface area contributed by atoms with Crippen LogP contribution in [0, 0.1) is 0 Å². The average molecular weight is 699 g/mol. The van der Waals surface area contributed by atoms with Crippen LogP contribution >= 0.6 is 0 Å². The molecule has 0 saturated heterocycles. The monoisotopic (exact) mass is 698 g/mol. The molecule has 10 aromatic carbocycles. The van der Waals surface area contributed by atoms with Crippen molar-refractivity contribution < 1.29 is 0 Å². The Hall–Kier alpha value is -7.29. The van der Waals surface area contributed by atoms with Gasteiger partial charge in [0.05, 0.1) is 11.0 Å². The van der Waals surface area contributed by atoms with Crippen molar-refractivity contribution in [3.8, 4) is 50.5 Å². The van der Waals surface area contributed by atoms with Crippen molar-refractivity contribution >= 4 is 54.1 Å². The summed E-state index contributed by atoms with van der Waals surface area (Å²) in [7, 11) is 0. The van der Waals surface area contributed by atoms with Crippen LogP contribution < -0.4 is 0 Å². The largest absolute Gasteiger partial charge is 0.292 e. The van der Waals surface area contributed by atoms with E-state index in [9.17, 15) is 0 Å². The number of para-hydroxylation sites is 2. The van der Waals surface area contributed by atoms with E-state index < -0.39 is 0 Å². The summed E-state index contributed by atoms with van der Waals surface area (Å²) in [5.41, 5.74) is 11.6. The van der Waals surface area contributed by atoms with Gasteiger partial charge >= 0.3 is 0 Å². The van der Waals surface area contributed by atoms with Crippen molar-refractivity contribution in [2.24, 2.45) is 0 Å². The Morgan fingerprint density at radius 2 is 0.818 bits per heavy atom. The minimum atomic E-state index is 0.938. The maximum absolute atomic E-state index is 5.07. The molecule has 0 fully saturated rings. The first kappa shape index (κ1) is 31.3. The Morgan fingerprint density at radius 3 is 1.49 bits per heavy atom. The predicted molar refractivity (Wildman–Crippen MR) is 233 cm³/mol. The SMILES string of the molecule is c1ccc(-c2nc3ccccc3n2-c2ccc(-c3ccc4c(-c5ccc6ccccc6c5)c5ccccc5c(-c5ccc6ccccc6c5)c4c3)cc2)cc1. The van der Waals surface area contributed by atoms with Gasteiger partial charge in [0.25, 0.3) is 0 Å². The molecular weight excluding hydrogens is 665 g/mol. The lowest BCUT2D eigenvalue weighted by Crippen LogP contribution is -1.97. The van der Waals surface area contributed by atoms with E-state index in [1.807, 2.05) is 6.07 Å². The molecule has 0 N–H and O–H groups in total. The molecule has 0 saturated carbocycles. The highest BCUT2D eigenvalue weighted by molar-refractivity contribution is 6.22. The molecule has 0 amide bonds. The number of rotatable bonds is 5. The summed E-state index contributed by atoms with van der Waals surface area (Å²) in [6.07, 6.45) is 0. The molecule has 256 valence electrons. The van der Waals surface area contributed by atoms with Crippen LogP contribution in [-0.4, -0.2) is 9.55 Å². The van der Waals surface area contributed by atoms with Crippen LogP contribution in [0.15, 0.2) is 206 Å². The lowest BCUT2D eigenvalue weighted by atomic mass is 9.84. The first-order valence-corrected chi connectivity index (χ1v) is 18.9. The summed E-state index contributed by atoms with van der Waals surface area (Å²) in [6.45, 7) is 0. The fraction of sp³-hybridized carbons (Fsp3) is 0. The van der Waals surface area contributed by atoms with Gasteiger partial charge in [0, 0.05) is 11.3 Å². The van der Waals surface area contributed by atoms with Gasteiger partial charge in [0.1, 0.15) is 5.82 Å². The molecule has 1 aromatic heterocycles. The van der Waals surface area contributed by atoms with E-state index in [1.165, 1.54) is 76.5 Å². The highest BCUT2D eigenvalue weighted by atomic mass is 15.1. The second kappa shape index (κ2) is 12.7. The molecule has 0 aliphatic carbocycles. The maximum atomic E-state index is 5.07. The molecule has 1 heterocycles. The molecule has 0 aliphatic heterocycles. The molecule has 0 atom stereocenters. The minimum absolute atomic E-state index is 0.938. The Morgan fingerprint density at radius 1 is 0.309 bits per heavy atom. The van der Waals surface area contributed by atoms with Crippen LogP contribution in [0.5, 0.6) is 0 Å². The summed E-state index contributed by atoms with van der Waals surface area (Å²) in [4.78, 5) is 5.07. The fourth-order valence-corrected chi connectivity index (χ4v) is 8.54. The third kappa shape index (κ3) is 5.22. The van der Waals surface area contributed by atoms with Crippen molar-refractivity contribution in [3.63, 3.8) is 0 Å². The van der Waals surface area contributed by atoms with Crippen LogP contribution in [0.2, 0.25) is 0 Å². The smallest absolute Gasteiger partial charge is 0.145 e. The summed E-state index contributed by atoms with van der Waals surface area (Å²) in [6, 6.07) is 74.8. The number of imidazole rings is 1.